The average Bonchev–Trinajstić information content (AvgIpc) is 2.29. The number of amides is 1. The third-order valence-electron chi connectivity index (χ3n) is 3.31. The summed E-state index contributed by atoms with van der Waals surface area (Å²) in [5.74, 6) is 0.722. The van der Waals surface area contributed by atoms with Crippen LogP contribution in [0.15, 0.2) is 0 Å². The van der Waals surface area contributed by atoms with Crippen molar-refractivity contribution < 1.29 is 9.53 Å². The number of nitrogens with one attached hydrogen (secondary N) is 2. The summed E-state index contributed by atoms with van der Waals surface area (Å²) in [6.07, 6.45) is 3.02. The van der Waals surface area contributed by atoms with Crippen LogP contribution in [0.2, 0.25) is 0 Å². The molecule has 3 unspecified atom stereocenters. The van der Waals surface area contributed by atoms with E-state index in [-0.39, 0.29) is 11.9 Å². The lowest BCUT2D eigenvalue weighted by molar-refractivity contribution is -0.123. The van der Waals surface area contributed by atoms with Crippen LogP contribution in [0.1, 0.15) is 40.0 Å². The Labute approximate surface area is 104 Å². The van der Waals surface area contributed by atoms with Crippen molar-refractivity contribution >= 4 is 5.91 Å². The summed E-state index contributed by atoms with van der Waals surface area (Å²) in [5.41, 5.74) is 0. The van der Waals surface area contributed by atoms with Gasteiger partial charge in [0.25, 0.3) is 0 Å². The molecule has 2 N–H and O–H groups in total. The summed E-state index contributed by atoms with van der Waals surface area (Å²) in [6.45, 7) is 8.48. The first-order valence-corrected chi connectivity index (χ1v) is 6.74. The molecule has 1 aliphatic rings. The Balaban J connectivity index is 2.23. The van der Waals surface area contributed by atoms with E-state index < -0.39 is 0 Å². The van der Waals surface area contributed by atoms with Gasteiger partial charge in [0.15, 0.2) is 0 Å². The lowest BCUT2D eigenvalue weighted by Gasteiger charge is -2.30. The third kappa shape index (κ3) is 5.50. The van der Waals surface area contributed by atoms with Crippen molar-refractivity contribution in [2.24, 2.45) is 5.92 Å². The van der Waals surface area contributed by atoms with Crippen LogP contribution in [0.3, 0.4) is 0 Å². The van der Waals surface area contributed by atoms with Gasteiger partial charge in [0.2, 0.25) is 5.91 Å². The topological polar surface area (TPSA) is 50.4 Å². The largest absolute Gasteiger partial charge is 0.380 e. The first-order valence-electron chi connectivity index (χ1n) is 6.74. The highest BCUT2D eigenvalue weighted by atomic mass is 16.5. The second-order valence-electron chi connectivity index (χ2n) is 5.01. The lowest BCUT2D eigenvalue weighted by atomic mass is 9.90. The number of piperidine rings is 1. The van der Waals surface area contributed by atoms with Gasteiger partial charge in [-0.05, 0) is 39.2 Å². The van der Waals surface area contributed by atoms with Crippen LogP contribution in [-0.2, 0) is 9.53 Å². The maximum atomic E-state index is 11.8. The Morgan fingerprint density at radius 3 is 3.00 bits per heavy atom. The number of hydrogen-bond acceptors (Lipinski definition) is 3. The van der Waals surface area contributed by atoms with E-state index >= 15 is 0 Å². The smallest absolute Gasteiger partial charge is 0.221 e. The van der Waals surface area contributed by atoms with Gasteiger partial charge >= 0.3 is 0 Å². The summed E-state index contributed by atoms with van der Waals surface area (Å²) >= 11 is 0. The third-order valence-corrected chi connectivity index (χ3v) is 3.31. The fourth-order valence-corrected chi connectivity index (χ4v) is 2.26. The Morgan fingerprint density at radius 1 is 1.59 bits per heavy atom. The zero-order valence-corrected chi connectivity index (χ0v) is 11.3. The second-order valence-corrected chi connectivity index (χ2v) is 5.01. The van der Waals surface area contributed by atoms with Crippen molar-refractivity contribution in [3.63, 3.8) is 0 Å². The van der Waals surface area contributed by atoms with Crippen molar-refractivity contribution in [2.45, 2.75) is 52.1 Å². The van der Waals surface area contributed by atoms with Gasteiger partial charge in [-0.2, -0.15) is 0 Å². The Morgan fingerprint density at radius 2 is 2.35 bits per heavy atom. The molecule has 4 heteroatoms. The Bertz CT molecular complexity index is 233. The van der Waals surface area contributed by atoms with Crippen molar-refractivity contribution in [2.75, 3.05) is 19.8 Å². The minimum atomic E-state index is 0.0985. The van der Waals surface area contributed by atoms with Gasteiger partial charge in [-0.25, -0.2) is 0 Å². The minimum absolute atomic E-state index is 0.0985. The molecule has 17 heavy (non-hydrogen) atoms. The minimum Gasteiger partial charge on any atom is -0.380 e. The van der Waals surface area contributed by atoms with E-state index in [0.717, 1.165) is 6.54 Å². The zero-order chi connectivity index (χ0) is 12.7. The molecule has 1 amide bonds. The van der Waals surface area contributed by atoms with Gasteiger partial charge in [-0.1, -0.05) is 6.92 Å². The van der Waals surface area contributed by atoms with Crippen LogP contribution in [0.25, 0.3) is 0 Å². The normalized spacial score (nSPS) is 26.5. The molecule has 1 saturated heterocycles. The predicted octanol–water partition coefficient (Wildman–Crippen LogP) is 1.31. The van der Waals surface area contributed by atoms with Gasteiger partial charge in [-0.15, -0.1) is 0 Å². The number of rotatable bonds is 6. The predicted molar refractivity (Wildman–Crippen MR) is 68.9 cm³/mol. The number of ether oxygens (including phenoxy) is 1. The first kappa shape index (κ1) is 14.5. The molecular weight excluding hydrogens is 216 g/mol. The molecule has 0 aromatic rings. The van der Waals surface area contributed by atoms with Gasteiger partial charge in [0.05, 0.1) is 6.61 Å². The molecule has 0 radical (unpaired) electrons. The molecule has 0 saturated carbocycles. The summed E-state index contributed by atoms with van der Waals surface area (Å²) in [5, 5.41) is 6.40. The van der Waals surface area contributed by atoms with Crippen LogP contribution in [-0.4, -0.2) is 37.7 Å². The van der Waals surface area contributed by atoms with Gasteiger partial charge in [0, 0.05) is 25.1 Å². The fraction of sp³-hybridized carbons (Fsp3) is 0.923. The standard InChI is InChI=1S/C13H26N2O2/c1-4-17-9-11(3)15-13(16)8-12-10(2)6-5-7-14-12/h10-12,14H,4-9H2,1-3H3,(H,15,16). The van der Waals surface area contributed by atoms with Crippen LogP contribution in [0, 0.1) is 5.92 Å². The van der Waals surface area contributed by atoms with Gasteiger partial charge in [-0.3, -0.25) is 4.79 Å². The van der Waals surface area contributed by atoms with Crippen LogP contribution >= 0.6 is 0 Å². The van der Waals surface area contributed by atoms with Crippen LogP contribution in [0.5, 0.6) is 0 Å². The first-order chi connectivity index (χ1) is 8.13. The summed E-state index contributed by atoms with van der Waals surface area (Å²) in [7, 11) is 0. The SMILES string of the molecule is CCOCC(C)NC(=O)CC1NCCCC1C. The molecule has 1 fully saturated rings. The van der Waals surface area contributed by atoms with Gasteiger partial charge < -0.3 is 15.4 Å². The zero-order valence-electron chi connectivity index (χ0n) is 11.3. The Kier molecular flexibility index (Phi) is 6.52. The van der Waals surface area contributed by atoms with E-state index in [0.29, 0.717) is 31.6 Å². The van der Waals surface area contributed by atoms with E-state index in [1.165, 1.54) is 12.8 Å². The molecule has 1 rings (SSSR count). The van der Waals surface area contributed by atoms with E-state index in [9.17, 15) is 4.79 Å². The molecule has 100 valence electrons. The molecule has 0 aromatic heterocycles. The molecule has 0 aliphatic carbocycles. The van der Waals surface area contributed by atoms with Crippen molar-refractivity contribution in [1.82, 2.24) is 10.6 Å². The highest BCUT2D eigenvalue weighted by Gasteiger charge is 2.23. The van der Waals surface area contributed by atoms with E-state index in [2.05, 4.69) is 17.6 Å². The van der Waals surface area contributed by atoms with Gasteiger partial charge in [0.1, 0.15) is 0 Å². The monoisotopic (exact) mass is 242 g/mol. The van der Waals surface area contributed by atoms with E-state index in [4.69, 9.17) is 4.74 Å². The van der Waals surface area contributed by atoms with Crippen molar-refractivity contribution in [3.8, 4) is 0 Å². The summed E-state index contributed by atoms with van der Waals surface area (Å²) < 4.78 is 5.28. The summed E-state index contributed by atoms with van der Waals surface area (Å²) in [6, 6.07) is 0.435. The molecule has 1 heterocycles. The number of carbonyl (C=O) groups excluding carboxylic acids is 1. The second kappa shape index (κ2) is 7.67. The molecule has 1 aliphatic heterocycles. The van der Waals surface area contributed by atoms with Crippen molar-refractivity contribution in [3.05, 3.63) is 0 Å². The summed E-state index contributed by atoms with van der Waals surface area (Å²) in [4.78, 5) is 11.8. The maximum absolute atomic E-state index is 11.8. The molecule has 3 atom stereocenters. The Hall–Kier alpha value is -0.610. The van der Waals surface area contributed by atoms with E-state index in [1.807, 2.05) is 13.8 Å². The maximum Gasteiger partial charge on any atom is 0.221 e. The number of carbonyl (C=O) groups is 1. The molecule has 4 nitrogen and oxygen atoms in total. The quantitative estimate of drug-likeness (QED) is 0.738. The molecule has 0 bridgehead atoms. The van der Waals surface area contributed by atoms with E-state index in [1.54, 1.807) is 0 Å². The highest BCUT2D eigenvalue weighted by Crippen LogP contribution is 2.17. The number of hydrogen-bond donors (Lipinski definition) is 2. The highest BCUT2D eigenvalue weighted by molar-refractivity contribution is 5.76. The molecule has 0 aromatic carbocycles. The lowest BCUT2D eigenvalue weighted by Crippen LogP contribution is -2.45. The van der Waals surface area contributed by atoms with Crippen LogP contribution < -0.4 is 10.6 Å². The molecular formula is C13H26N2O2. The molecule has 0 spiro atoms. The van der Waals surface area contributed by atoms with Crippen LogP contribution in [0.4, 0.5) is 0 Å². The fourth-order valence-electron chi connectivity index (χ4n) is 2.26. The van der Waals surface area contributed by atoms with Crippen molar-refractivity contribution in [1.29, 1.82) is 0 Å². The average molecular weight is 242 g/mol.